The molecular weight excluding hydrogens is 202 g/mol. The third-order valence-corrected chi connectivity index (χ3v) is 3.61. The third kappa shape index (κ3) is 1.14. The van der Waals surface area contributed by atoms with Crippen LogP contribution in [0.3, 0.4) is 0 Å². The average molecular weight is 217 g/mol. The van der Waals surface area contributed by atoms with Crippen LogP contribution in [0.15, 0.2) is 24.3 Å². The van der Waals surface area contributed by atoms with Gasteiger partial charge in [-0.1, -0.05) is 18.2 Å². The van der Waals surface area contributed by atoms with Crippen molar-refractivity contribution in [2.45, 2.75) is 19.0 Å². The fourth-order valence-electron chi connectivity index (χ4n) is 2.72. The zero-order chi connectivity index (χ0) is 11.3. The highest BCUT2D eigenvalue weighted by molar-refractivity contribution is 5.99. The first kappa shape index (κ1) is 9.81. The predicted molar refractivity (Wildman–Crippen MR) is 61.8 cm³/mol. The van der Waals surface area contributed by atoms with Gasteiger partial charge in [0.1, 0.15) is 0 Å². The van der Waals surface area contributed by atoms with Gasteiger partial charge in [-0.2, -0.15) is 0 Å². The molecule has 4 nitrogen and oxygen atoms in total. The van der Waals surface area contributed by atoms with Gasteiger partial charge in [-0.25, -0.2) is 5.43 Å². The normalized spacial score (nSPS) is 32.5. The first-order valence-electron chi connectivity index (χ1n) is 5.57. The molecule has 1 saturated heterocycles. The molecule has 2 aliphatic heterocycles. The molecule has 2 aliphatic rings. The Morgan fingerprint density at radius 1 is 1.25 bits per heavy atom. The Morgan fingerprint density at radius 2 is 2.00 bits per heavy atom. The van der Waals surface area contributed by atoms with Gasteiger partial charge in [-0.05, 0) is 18.6 Å². The Morgan fingerprint density at radius 3 is 2.81 bits per heavy atom. The van der Waals surface area contributed by atoms with Crippen molar-refractivity contribution < 1.29 is 4.79 Å². The van der Waals surface area contributed by atoms with Crippen molar-refractivity contribution in [2.24, 2.45) is 5.92 Å². The SMILES string of the molecule is CC1NNC2c3ccccc3N(C)C(=O)C12. The van der Waals surface area contributed by atoms with E-state index in [0.29, 0.717) is 0 Å². The number of rotatable bonds is 0. The maximum atomic E-state index is 12.2. The largest absolute Gasteiger partial charge is 0.315 e. The van der Waals surface area contributed by atoms with Gasteiger partial charge < -0.3 is 4.90 Å². The zero-order valence-corrected chi connectivity index (χ0v) is 9.40. The maximum Gasteiger partial charge on any atom is 0.233 e. The monoisotopic (exact) mass is 217 g/mol. The summed E-state index contributed by atoms with van der Waals surface area (Å²) in [6.45, 7) is 2.04. The summed E-state index contributed by atoms with van der Waals surface area (Å²) in [5.41, 5.74) is 8.59. The van der Waals surface area contributed by atoms with E-state index < -0.39 is 0 Å². The molecule has 2 N–H and O–H groups in total. The Balaban J connectivity index is 2.15. The van der Waals surface area contributed by atoms with Crippen LogP contribution in [0, 0.1) is 5.92 Å². The van der Waals surface area contributed by atoms with Gasteiger partial charge in [0.15, 0.2) is 0 Å². The van der Waals surface area contributed by atoms with Crippen LogP contribution in [0.5, 0.6) is 0 Å². The fraction of sp³-hybridized carbons (Fsp3) is 0.417. The smallest absolute Gasteiger partial charge is 0.233 e. The molecule has 2 heterocycles. The van der Waals surface area contributed by atoms with Crippen LogP contribution >= 0.6 is 0 Å². The highest BCUT2D eigenvalue weighted by Gasteiger charge is 2.45. The number of carbonyl (C=O) groups excluding carboxylic acids is 1. The molecule has 1 fully saturated rings. The molecular formula is C12H15N3O. The summed E-state index contributed by atoms with van der Waals surface area (Å²) in [5, 5.41) is 0. The second-order valence-electron chi connectivity index (χ2n) is 4.54. The number of fused-ring (bicyclic) bond motifs is 3. The number of para-hydroxylation sites is 1. The van der Waals surface area contributed by atoms with Gasteiger partial charge in [0, 0.05) is 18.8 Å². The summed E-state index contributed by atoms with van der Waals surface area (Å²) >= 11 is 0. The van der Waals surface area contributed by atoms with Crippen LogP contribution in [0.4, 0.5) is 5.69 Å². The van der Waals surface area contributed by atoms with Gasteiger partial charge in [-0.15, -0.1) is 0 Å². The van der Waals surface area contributed by atoms with Gasteiger partial charge in [0.05, 0.1) is 12.0 Å². The van der Waals surface area contributed by atoms with E-state index >= 15 is 0 Å². The maximum absolute atomic E-state index is 12.2. The molecule has 0 spiro atoms. The first-order valence-corrected chi connectivity index (χ1v) is 5.57. The number of benzene rings is 1. The summed E-state index contributed by atoms with van der Waals surface area (Å²) in [4.78, 5) is 14.0. The van der Waals surface area contributed by atoms with E-state index in [0.717, 1.165) is 5.69 Å². The molecule has 4 heteroatoms. The van der Waals surface area contributed by atoms with E-state index in [1.807, 2.05) is 32.2 Å². The molecule has 1 aromatic carbocycles. The number of carbonyl (C=O) groups is 1. The number of amides is 1. The Kier molecular flexibility index (Phi) is 2.02. The van der Waals surface area contributed by atoms with Crippen molar-refractivity contribution >= 4 is 11.6 Å². The Labute approximate surface area is 94.6 Å². The first-order chi connectivity index (χ1) is 7.70. The summed E-state index contributed by atoms with van der Waals surface area (Å²) in [6, 6.07) is 8.35. The van der Waals surface area contributed by atoms with E-state index in [2.05, 4.69) is 16.9 Å². The third-order valence-electron chi connectivity index (χ3n) is 3.61. The zero-order valence-electron chi connectivity index (χ0n) is 9.40. The standard InChI is InChI=1S/C12H15N3O/c1-7-10-11(14-13-7)8-5-3-4-6-9(8)15(2)12(10)16/h3-7,10-11,13-14H,1-2H3. The minimum absolute atomic E-state index is 0.0000926. The molecule has 3 unspecified atom stereocenters. The fourth-order valence-corrected chi connectivity index (χ4v) is 2.72. The number of anilines is 1. The number of hydrogen-bond donors (Lipinski definition) is 2. The second kappa shape index (κ2) is 3.30. The molecule has 0 bridgehead atoms. The predicted octanol–water partition coefficient (Wildman–Crippen LogP) is 0.817. The van der Waals surface area contributed by atoms with Crippen molar-refractivity contribution in [2.75, 3.05) is 11.9 Å². The molecule has 0 saturated carbocycles. The lowest BCUT2D eigenvalue weighted by atomic mass is 9.84. The molecule has 3 atom stereocenters. The number of nitrogens with zero attached hydrogens (tertiary/aromatic N) is 1. The minimum atomic E-state index is -0.0000926. The van der Waals surface area contributed by atoms with Crippen LogP contribution in [0.2, 0.25) is 0 Å². The average Bonchev–Trinajstić information content (AvgIpc) is 2.69. The lowest BCUT2D eigenvalue weighted by molar-refractivity contribution is -0.123. The van der Waals surface area contributed by atoms with Crippen LogP contribution < -0.4 is 15.8 Å². The van der Waals surface area contributed by atoms with E-state index in [4.69, 9.17) is 0 Å². The lowest BCUT2D eigenvalue weighted by Gasteiger charge is -2.34. The second-order valence-corrected chi connectivity index (χ2v) is 4.54. The van der Waals surface area contributed by atoms with E-state index in [1.54, 1.807) is 4.90 Å². The van der Waals surface area contributed by atoms with Crippen LogP contribution in [-0.2, 0) is 4.79 Å². The molecule has 1 aromatic rings. The quantitative estimate of drug-likeness (QED) is 0.676. The highest BCUT2D eigenvalue weighted by Crippen LogP contribution is 2.40. The molecule has 3 rings (SSSR count). The van der Waals surface area contributed by atoms with Gasteiger partial charge in [-0.3, -0.25) is 10.2 Å². The molecule has 1 amide bonds. The summed E-state index contributed by atoms with van der Waals surface area (Å²) < 4.78 is 0. The van der Waals surface area contributed by atoms with Crippen molar-refractivity contribution in [1.29, 1.82) is 0 Å². The number of nitrogens with one attached hydrogen (secondary N) is 2. The van der Waals surface area contributed by atoms with Gasteiger partial charge in [0.2, 0.25) is 5.91 Å². The molecule has 84 valence electrons. The van der Waals surface area contributed by atoms with E-state index in [1.165, 1.54) is 5.56 Å². The van der Waals surface area contributed by atoms with Crippen molar-refractivity contribution in [3.05, 3.63) is 29.8 Å². The lowest BCUT2D eigenvalue weighted by Crippen LogP contribution is -2.43. The van der Waals surface area contributed by atoms with Crippen LogP contribution in [0.25, 0.3) is 0 Å². The van der Waals surface area contributed by atoms with Crippen LogP contribution in [-0.4, -0.2) is 19.0 Å². The Hall–Kier alpha value is -1.39. The van der Waals surface area contributed by atoms with Crippen molar-refractivity contribution in [1.82, 2.24) is 10.9 Å². The summed E-state index contributed by atoms with van der Waals surface area (Å²) in [6.07, 6.45) is 0. The topological polar surface area (TPSA) is 44.4 Å². The molecule has 16 heavy (non-hydrogen) atoms. The highest BCUT2D eigenvalue weighted by atomic mass is 16.2. The molecule has 0 aromatic heterocycles. The molecule has 0 aliphatic carbocycles. The van der Waals surface area contributed by atoms with Crippen molar-refractivity contribution in [3.63, 3.8) is 0 Å². The Bertz CT molecular complexity index is 446. The summed E-state index contributed by atoms with van der Waals surface area (Å²) in [5.74, 6) is 0.189. The van der Waals surface area contributed by atoms with Gasteiger partial charge >= 0.3 is 0 Å². The minimum Gasteiger partial charge on any atom is -0.315 e. The number of hydrogen-bond acceptors (Lipinski definition) is 3. The van der Waals surface area contributed by atoms with Crippen LogP contribution in [0.1, 0.15) is 18.5 Å². The van der Waals surface area contributed by atoms with E-state index in [9.17, 15) is 4.79 Å². The van der Waals surface area contributed by atoms with Gasteiger partial charge in [0.25, 0.3) is 0 Å². The summed E-state index contributed by atoms with van der Waals surface area (Å²) in [7, 11) is 1.85. The van der Waals surface area contributed by atoms with E-state index in [-0.39, 0.29) is 23.9 Å². The number of hydrazine groups is 1. The van der Waals surface area contributed by atoms with Crippen molar-refractivity contribution in [3.8, 4) is 0 Å². The molecule has 0 radical (unpaired) electrons.